The second-order valence-electron chi connectivity index (χ2n) is 4.34. The number of anilines is 1. The van der Waals surface area contributed by atoms with Gasteiger partial charge in [0.1, 0.15) is 11.4 Å². The number of benzene rings is 1. The number of nitrogen functional groups attached to an aromatic ring is 1. The molecule has 5 heteroatoms. The first-order valence-corrected chi connectivity index (χ1v) is 4.99. The van der Waals surface area contributed by atoms with Gasteiger partial charge in [0, 0.05) is 5.54 Å². The highest BCUT2D eigenvalue weighted by Gasteiger charge is 2.39. The predicted molar refractivity (Wildman–Crippen MR) is 55.9 cm³/mol. The van der Waals surface area contributed by atoms with Crippen molar-refractivity contribution in [2.24, 2.45) is 0 Å². The average molecular weight is 226 g/mol. The number of hydrogen-bond donors (Lipinski definition) is 2. The van der Waals surface area contributed by atoms with Gasteiger partial charge in [0.25, 0.3) is 5.91 Å². The number of carbonyl (C=O) groups excluding carboxylic acids is 1. The van der Waals surface area contributed by atoms with Crippen LogP contribution in [0.2, 0.25) is 0 Å². The van der Waals surface area contributed by atoms with Gasteiger partial charge < -0.3 is 11.1 Å². The molecule has 1 saturated carbocycles. The minimum Gasteiger partial charge on any atom is -0.396 e. The van der Waals surface area contributed by atoms with Crippen molar-refractivity contribution in [3.63, 3.8) is 0 Å². The Morgan fingerprint density at radius 2 is 2.06 bits per heavy atom. The lowest BCUT2D eigenvalue weighted by Gasteiger charge is -2.12. The van der Waals surface area contributed by atoms with Crippen LogP contribution in [0.1, 0.15) is 30.1 Å². The fourth-order valence-corrected chi connectivity index (χ4v) is 1.43. The summed E-state index contributed by atoms with van der Waals surface area (Å²) in [6.45, 7) is 1.83. The highest BCUT2D eigenvalue weighted by atomic mass is 19.1. The van der Waals surface area contributed by atoms with Gasteiger partial charge in [0.2, 0.25) is 0 Å². The molecule has 0 bridgehead atoms. The van der Waals surface area contributed by atoms with Gasteiger partial charge in [-0.2, -0.15) is 0 Å². The van der Waals surface area contributed by atoms with E-state index in [0.29, 0.717) is 0 Å². The minimum atomic E-state index is -0.998. The molecule has 1 amide bonds. The summed E-state index contributed by atoms with van der Waals surface area (Å²) in [4.78, 5) is 11.6. The molecule has 16 heavy (non-hydrogen) atoms. The first kappa shape index (κ1) is 10.9. The van der Waals surface area contributed by atoms with Crippen molar-refractivity contribution in [1.29, 1.82) is 0 Å². The van der Waals surface area contributed by atoms with Gasteiger partial charge >= 0.3 is 0 Å². The van der Waals surface area contributed by atoms with E-state index in [0.717, 1.165) is 25.0 Å². The molecule has 0 atom stereocenters. The van der Waals surface area contributed by atoms with Gasteiger partial charge in [-0.05, 0) is 31.9 Å². The highest BCUT2D eigenvalue weighted by molar-refractivity contribution is 5.96. The molecule has 3 nitrogen and oxygen atoms in total. The molecule has 0 radical (unpaired) electrons. The van der Waals surface area contributed by atoms with Gasteiger partial charge in [-0.3, -0.25) is 4.79 Å². The molecule has 0 saturated heterocycles. The Morgan fingerprint density at radius 1 is 1.44 bits per heavy atom. The summed E-state index contributed by atoms with van der Waals surface area (Å²) in [7, 11) is 0. The van der Waals surface area contributed by atoms with Crippen LogP contribution in [0.3, 0.4) is 0 Å². The van der Waals surface area contributed by atoms with Crippen LogP contribution >= 0.6 is 0 Å². The highest BCUT2D eigenvalue weighted by Crippen LogP contribution is 2.35. The van der Waals surface area contributed by atoms with E-state index < -0.39 is 23.1 Å². The standard InChI is InChI=1S/C11H12F2N2O/c1-11(4-5-11)15-10(16)8-6(12)2-3-7(14)9(8)13/h2-3H,4-5,14H2,1H3,(H,15,16). The van der Waals surface area contributed by atoms with E-state index in [1.807, 2.05) is 6.92 Å². The number of rotatable bonds is 2. The molecule has 0 spiro atoms. The van der Waals surface area contributed by atoms with Crippen molar-refractivity contribution in [3.8, 4) is 0 Å². The van der Waals surface area contributed by atoms with Crippen LogP contribution in [0.5, 0.6) is 0 Å². The van der Waals surface area contributed by atoms with Crippen LogP contribution in [0.4, 0.5) is 14.5 Å². The molecular formula is C11H12F2N2O. The predicted octanol–water partition coefficient (Wildman–Crippen LogP) is 1.83. The maximum Gasteiger partial charge on any atom is 0.257 e. The zero-order valence-electron chi connectivity index (χ0n) is 8.81. The quantitative estimate of drug-likeness (QED) is 0.756. The molecule has 0 aliphatic heterocycles. The molecule has 0 unspecified atom stereocenters. The normalized spacial score (nSPS) is 16.9. The topological polar surface area (TPSA) is 55.1 Å². The lowest BCUT2D eigenvalue weighted by molar-refractivity contribution is 0.0927. The van der Waals surface area contributed by atoms with E-state index in [1.54, 1.807) is 0 Å². The fraction of sp³-hybridized carbons (Fsp3) is 0.364. The first-order valence-electron chi connectivity index (χ1n) is 4.99. The molecule has 0 heterocycles. The van der Waals surface area contributed by atoms with Crippen molar-refractivity contribution in [2.45, 2.75) is 25.3 Å². The van der Waals surface area contributed by atoms with Crippen molar-refractivity contribution in [3.05, 3.63) is 29.3 Å². The second kappa shape index (κ2) is 3.43. The summed E-state index contributed by atoms with van der Waals surface area (Å²) >= 11 is 0. The molecular weight excluding hydrogens is 214 g/mol. The largest absolute Gasteiger partial charge is 0.396 e. The second-order valence-corrected chi connectivity index (χ2v) is 4.34. The SMILES string of the molecule is CC1(NC(=O)c2c(F)ccc(N)c2F)CC1. The zero-order chi connectivity index (χ0) is 11.9. The van der Waals surface area contributed by atoms with Gasteiger partial charge in [-0.25, -0.2) is 8.78 Å². The number of nitrogens with two attached hydrogens (primary N) is 1. The van der Waals surface area contributed by atoms with Gasteiger partial charge in [0.15, 0.2) is 5.82 Å². The van der Waals surface area contributed by atoms with Gasteiger partial charge in [-0.15, -0.1) is 0 Å². The average Bonchev–Trinajstić information content (AvgIpc) is 2.90. The molecule has 1 aromatic carbocycles. The fourth-order valence-electron chi connectivity index (χ4n) is 1.43. The molecule has 1 aliphatic rings. The third-order valence-electron chi connectivity index (χ3n) is 2.76. The number of carbonyl (C=O) groups is 1. The molecule has 2 rings (SSSR count). The number of halogens is 2. The smallest absolute Gasteiger partial charge is 0.257 e. The third-order valence-corrected chi connectivity index (χ3v) is 2.76. The van der Waals surface area contributed by atoms with Crippen molar-refractivity contribution >= 4 is 11.6 Å². The van der Waals surface area contributed by atoms with E-state index in [4.69, 9.17) is 5.73 Å². The van der Waals surface area contributed by atoms with E-state index in [2.05, 4.69) is 5.32 Å². The molecule has 86 valence electrons. The van der Waals surface area contributed by atoms with Crippen LogP contribution in [-0.4, -0.2) is 11.4 Å². The van der Waals surface area contributed by atoms with Crippen molar-refractivity contribution in [1.82, 2.24) is 5.32 Å². The van der Waals surface area contributed by atoms with Gasteiger partial charge in [-0.1, -0.05) is 0 Å². The Bertz CT molecular complexity index is 456. The van der Waals surface area contributed by atoms with Crippen LogP contribution in [0, 0.1) is 11.6 Å². The maximum atomic E-state index is 13.5. The Kier molecular flexibility index (Phi) is 2.33. The van der Waals surface area contributed by atoms with E-state index in [-0.39, 0.29) is 11.2 Å². The molecule has 0 aromatic heterocycles. The number of amides is 1. The first-order chi connectivity index (χ1) is 7.43. The van der Waals surface area contributed by atoms with Crippen LogP contribution < -0.4 is 11.1 Å². The zero-order valence-corrected chi connectivity index (χ0v) is 8.81. The van der Waals surface area contributed by atoms with E-state index in [9.17, 15) is 13.6 Å². The van der Waals surface area contributed by atoms with E-state index >= 15 is 0 Å². The summed E-state index contributed by atoms with van der Waals surface area (Å²) in [5.41, 5.74) is 4.13. The third kappa shape index (κ3) is 1.85. The van der Waals surface area contributed by atoms with Gasteiger partial charge in [0.05, 0.1) is 5.69 Å². The minimum absolute atomic E-state index is 0.229. The number of hydrogen-bond acceptors (Lipinski definition) is 2. The lowest BCUT2D eigenvalue weighted by atomic mass is 10.1. The molecule has 1 aliphatic carbocycles. The Balaban J connectivity index is 2.32. The van der Waals surface area contributed by atoms with Crippen LogP contribution in [-0.2, 0) is 0 Å². The maximum absolute atomic E-state index is 13.5. The lowest BCUT2D eigenvalue weighted by Crippen LogP contribution is -2.35. The summed E-state index contributed by atoms with van der Waals surface area (Å²) in [6, 6.07) is 2.09. The van der Waals surface area contributed by atoms with Crippen LogP contribution in [0.25, 0.3) is 0 Å². The Labute approximate surface area is 91.6 Å². The van der Waals surface area contributed by atoms with Crippen LogP contribution in [0.15, 0.2) is 12.1 Å². The number of nitrogens with one attached hydrogen (secondary N) is 1. The summed E-state index contributed by atoms with van der Waals surface area (Å²) in [5, 5.41) is 2.58. The van der Waals surface area contributed by atoms with Crippen molar-refractivity contribution < 1.29 is 13.6 Å². The summed E-state index contributed by atoms with van der Waals surface area (Å²) in [5.74, 6) is -2.64. The van der Waals surface area contributed by atoms with E-state index in [1.165, 1.54) is 0 Å². The molecule has 1 fully saturated rings. The summed E-state index contributed by atoms with van der Waals surface area (Å²) < 4.78 is 26.8. The van der Waals surface area contributed by atoms with Crippen molar-refractivity contribution in [2.75, 3.05) is 5.73 Å². The Hall–Kier alpha value is -1.65. The molecule has 1 aromatic rings. The Morgan fingerprint density at radius 3 is 2.62 bits per heavy atom. The molecule has 3 N–H and O–H groups in total. The summed E-state index contributed by atoms with van der Waals surface area (Å²) in [6.07, 6.45) is 1.65. The monoisotopic (exact) mass is 226 g/mol.